The number of nitrogens with zero attached hydrogens (tertiary/aromatic N) is 2. The van der Waals surface area contributed by atoms with Crippen LogP contribution in [0.25, 0.3) is 0 Å². The van der Waals surface area contributed by atoms with Crippen LogP contribution in [0, 0.1) is 6.92 Å². The zero-order valence-electron chi connectivity index (χ0n) is 9.87. The number of benzene rings is 1. The topological polar surface area (TPSA) is 46.9 Å². The van der Waals surface area contributed by atoms with Crippen molar-refractivity contribution in [2.24, 2.45) is 7.05 Å². The second-order valence-corrected chi connectivity index (χ2v) is 5.13. The van der Waals surface area contributed by atoms with E-state index in [2.05, 4.69) is 26.3 Å². The number of carbonyl (C=O) groups is 1. The van der Waals surface area contributed by atoms with Gasteiger partial charge in [-0.25, -0.2) is 0 Å². The van der Waals surface area contributed by atoms with E-state index in [1.54, 1.807) is 17.8 Å². The highest BCUT2D eigenvalue weighted by atomic mass is 79.9. The highest BCUT2D eigenvalue weighted by molar-refractivity contribution is 9.10. The van der Waals surface area contributed by atoms with Gasteiger partial charge in [0, 0.05) is 17.2 Å². The quantitative estimate of drug-likeness (QED) is 0.918. The number of halogens is 2. The Kier molecular flexibility index (Phi) is 3.73. The van der Waals surface area contributed by atoms with E-state index in [4.69, 9.17) is 11.6 Å². The molecule has 0 atom stereocenters. The minimum absolute atomic E-state index is 0.233. The Morgan fingerprint density at radius 1 is 1.50 bits per heavy atom. The lowest BCUT2D eigenvalue weighted by Crippen LogP contribution is -2.13. The fourth-order valence-corrected chi connectivity index (χ4v) is 2.13. The standard InChI is InChI=1S/C12H11BrClN3O/c1-7-10(14)11(16-17(7)2)12(18)15-9-5-3-4-8(13)6-9/h3-6H,1-2H3,(H,15,18). The lowest BCUT2D eigenvalue weighted by molar-refractivity contribution is 0.102. The van der Waals surface area contributed by atoms with Gasteiger partial charge in [-0.15, -0.1) is 0 Å². The van der Waals surface area contributed by atoms with Crippen LogP contribution >= 0.6 is 27.5 Å². The normalized spacial score (nSPS) is 10.4. The largest absolute Gasteiger partial charge is 0.321 e. The van der Waals surface area contributed by atoms with Crippen molar-refractivity contribution in [3.63, 3.8) is 0 Å². The maximum Gasteiger partial charge on any atom is 0.277 e. The number of amides is 1. The van der Waals surface area contributed by atoms with Crippen LogP contribution in [0.5, 0.6) is 0 Å². The second kappa shape index (κ2) is 5.12. The number of aromatic nitrogens is 2. The van der Waals surface area contributed by atoms with Crippen molar-refractivity contribution in [3.8, 4) is 0 Å². The van der Waals surface area contributed by atoms with Crippen LogP contribution in [0.15, 0.2) is 28.7 Å². The minimum Gasteiger partial charge on any atom is -0.321 e. The van der Waals surface area contributed by atoms with Gasteiger partial charge in [0.2, 0.25) is 0 Å². The fourth-order valence-electron chi connectivity index (χ4n) is 1.48. The van der Waals surface area contributed by atoms with Gasteiger partial charge in [-0.05, 0) is 25.1 Å². The lowest BCUT2D eigenvalue weighted by Gasteiger charge is -2.03. The molecule has 0 unspecified atom stereocenters. The van der Waals surface area contributed by atoms with Crippen LogP contribution in [-0.4, -0.2) is 15.7 Å². The number of hydrogen-bond acceptors (Lipinski definition) is 2. The number of hydrogen-bond donors (Lipinski definition) is 1. The van der Waals surface area contributed by atoms with Gasteiger partial charge in [-0.1, -0.05) is 33.6 Å². The van der Waals surface area contributed by atoms with E-state index in [9.17, 15) is 4.79 Å². The average Bonchev–Trinajstić information content (AvgIpc) is 2.57. The van der Waals surface area contributed by atoms with E-state index in [0.717, 1.165) is 10.2 Å². The van der Waals surface area contributed by atoms with E-state index in [-0.39, 0.29) is 11.6 Å². The molecule has 2 rings (SSSR count). The number of nitrogens with one attached hydrogen (secondary N) is 1. The van der Waals surface area contributed by atoms with E-state index in [1.807, 2.05) is 25.1 Å². The molecule has 18 heavy (non-hydrogen) atoms. The Hall–Kier alpha value is -1.33. The smallest absolute Gasteiger partial charge is 0.277 e. The molecular formula is C12H11BrClN3O. The Labute approximate surface area is 118 Å². The Balaban J connectivity index is 2.25. The zero-order chi connectivity index (χ0) is 13.3. The van der Waals surface area contributed by atoms with Crippen molar-refractivity contribution >= 4 is 39.1 Å². The maximum atomic E-state index is 12.0. The van der Waals surface area contributed by atoms with Gasteiger partial charge in [0.1, 0.15) is 0 Å². The minimum atomic E-state index is -0.318. The van der Waals surface area contributed by atoms with Crippen LogP contribution in [0.4, 0.5) is 5.69 Å². The lowest BCUT2D eigenvalue weighted by atomic mass is 10.3. The molecule has 1 heterocycles. The Bertz CT molecular complexity index is 609. The van der Waals surface area contributed by atoms with Crippen LogP contribution in [0.2, 0.25) is 5.02 Å². The van der Waals surface area contributed by atoms with Crippen molar-refractivity contribution in [3.05, 3.63) is 45.1 Å². The predicted octanol–water partition coefficient (Wildman–Crippen LogP) is 3.40. The van der Waals surface area contributed by atoms with Crippen LogP contribution in [0.1, 0.15) is 16.2 Å². The Morgan fingerprint density at radius 3 is 2.78 bits per heavy atom. The third-order valence-corrected chi connectivity index (χ3v) is 3.50. The van der Waals surface area contributed by atoms with Crippen molar-refractivity contribution in [1.82, 2.24) is 9.78 Å². The molecule has 6 heteroatoms. The summed E-state index contributed by atoms with van der Waals surface area (Å²) in [5, 5.41) is 7.22. The zero-order valence-corrected chi connectivity index (χ0v) is 12.2. The molecule has 0 saturated heterocycles. The first-order valence-electron chi connectivity index (χ1n) is 5.25. The Morgan fingerprint density at radius 2 is 2.22 bits per heavy atom. The van der Waals surface area contributed by atoms with Crippen LogP contribution < -0.4 is 5.32 Å². The molecule has 1 amide bonds. The molecule has 1 aromatic carbocycles. The van der Waals surface area contributed by atoms with Crippen molar-refractivity contribution in [1.29, 1.82) is 0 Å². The molecule has 4 nitrogen and oxygen atoms in total. The summed E-state index contributed by atoms with van der Waals surface area (Å²) in [6.45, 7) is 1.81. The van der Waals surface area contributed by atoms with E-state index in [0.29, 0.717) is 10.7 Å². The number of rotatable bonds is 2. The fraction of sp³-hybridized carbons (Fsp3) is 0.167. The van der Waals surface area contributed by atoms with E-state index in [1.165, 1.54) is 0 Å². The molecule has 0 bridgehead atoms. The van der Waals surface area contributed by atoms with Crippen molar-refractivity contribution in [2.45, 2.75) is 6.92 Å². The molecule has 1 aromatic heterocycles. The molecule has 1 N–H and O–H groups in total. The van der Waals surface area contributed by atoms with E-state index >= 15 is 0 Å². The van der Waals surface area contributed by atoms with Gasteiger partial charge >= 0.3 is 0 Å². The highest BCUT2D eigenvalue weighted by Crippen LogP contribution is 2.21. The second-order valence-electron chi connectivity index (χ2n) is 3.84. The highest BCUT2D eigenvalue weighted by Gasteiger charge is 2.18. The van der Waals surface area contributed by atoms with Gasteiger partial charge in [0.15, 0.2) is 5.69 Å². The van der Waals surface area contributed by atoms with Crippen LogP contribution in [0.3, 0.4) is 0 Å². The van der Waals surface area contributed by atoms with Crippen LogP contribution in [-0.2, 0) is 7.05 Å². The van der Waals surface area contributed by atoms with E-state index < -0.39 is 0 Å². The summed E-state index contributed by atoms with van der Waals surface area (Å²) in [6.07, 6.45) is 0. The van der Waals surface area contributed by atoms with Crippen molar-refractivity contribution in [2.75, 3.05) is 5.32 Å². The molecule has 0 aliphatic carbocycles. The molecule has 0 fully saturated rings. The van der Waals surface area contributed by atoms with Gasteiger partial charge in [-0.3, -0.25) is 9.48 Å². The molecule has 94 valence electrons. The maximum absolute atomic E-state index is 12.0. The number of carbonyl (C=O) groups excluding carboxylic acids is 1. The predicted molar refractivity (Wildman–Crippen MR) is 75.1 cm³/mol. The molecule has 0 spiro atoms. The number of aryl methyl sites for hydroxylation is 1. The summed E-state index contributed by atoms with van der Waals surface area (Å²) >= 11 is 9.39. The molecule has 0 saturated carbocycles. The molecule has 2 aromatic rings. The molecule has 0 aliphatic heterocycles. The van der Waals surface area contributed by atoms with Gasteiger partial charge in [0.25, 0.3) is 5.91 Å². The molecular weight excluding hydrogens is 318 g/mol. The summed E-state index contributed by atoms with van der Waals surface area (Å²) < 4.78 is 2.47. The first-order chi connectivity index (χ1) is 8.49. The van der Waals surface area contributed by atoms with Crippen molar-refractivity contribution < 1.29 is 4.79 Å². The SMILES string of the molecule is Cc1c(Cl)c(C(=O)Nc2cccc(Br)c2)nn1C. The first-order valence-corrected chi connectivity index (χ1v) is 6.42. The van der Waals surface area contributed by atoms with Gasteiger partial charge < -0.3 is 5.32 Å². The first kappa shape index (κ1) is 13.1. The van der Waals surface area contributed by atoms with Gasteiger partial charge in [-0.2, -0.15) is 5.10 Å². The summed E-state index contributed by atoms with van der Waals surface area (Å²) in [6, 6.07) is 7.33. The molecule has 0 radical (unpaired) electrons. The summed E-state index contributed by atoms with van der Waals surface area (Å²) in [5.74, 6) is -0.318. The molecule has 0 aliphatic rings. The third-order valence-electron chi connectivity index (χ3n) is 2.56. The summed E-state index contributed by atoms with van der Waals surface area (Å²) in [5.41, 5.74) is 1.68. The summed E-state index contributed by atoms with van der Waals surface area (Å²) in [4.78, 5) is 12.0. The van der Waals surface area contributed by atoms with Gasteiger partial charge in [0.05, 0.1) is 10.7 Å². The third kappa shape index (κ3) is 2.57. The average molecular weight is 329 g/mol. The summed E-state index contributed by atoms with van der Waals surface area (Å²) in [7, 11) is 1.75. The number of anilines is 1. The monoisotopic (exact) mass is 327 g/mol.